The van der Waals surface area contributed by atoms with Gasteiger partial charge < -0.3 is 21.3 Å². The van der Waals surface area contributed by atoms with Crippen LogP contribution in [0.2, 0.25) is 0 Å². The molecule has 0 saturated heterocycles. The molecule has 156 valence electrons. The van der Waals surface area contributed by atoms with Gasteiger partial charge in [-0.1, -0.05) is 19.9 Å². The molecule has 0 saturated carbocycles. The van der Waals surface area contributed by atoms with Gasteiger partial charge >= 0.3 is 0 Å². The van der Waals surface area contributed by atoms with E-state index >= 15 is 0 Å². The average Bonchev–Trinajstić information content (AvgIpc) is 3.15. The summed E-state index contributed by atoms with van der Waals surface area (Å²) in [6, 6.07) is 6.85. The van der Waals surface area contributed by atoms with Crippen LogP contribution in [0.5, 0.6) is 0 Å². The number of nitrogens with zero attached hydrogens (tertiary/aromatic N) is 2. The Labute approximate surface area is 181 Å². The van der Waals surface area contributed by atoms with E-state index in [2.05, 4.69) is 34.4 Å². The number of likely N-dealkylation sites (N-methyl/N-ethyl adjacent to an activating group) is 1. The minimum Gasteiger partial charge on any atom is -0.351 e. The van der Waals surface area contributed by atoms with Crippen LogP contribution in [0.3, 0.4) is 0 Å². The first-order valence-corrected chi connectivity index (χ1v) is 9.51. The van der Waals surface area contributed by atoms with Crippen LogP contribution in [0.25, 0.3) is 0 Å². The Morgan fingerprint density at radius 3 is 2.50 bits per heavy atom. The second-order valence-electron chi connectivity index (χ2n) is 5.65. The lowest BCUT2D eigenvalue weighted by Crippen LogP contribution is -2.34. The molecule has 2 rings (SSSR count). The zero-order chi connectivity index (χ0) is 18.9. The van der Waals surface area contributed by atoms with Crippen molar-refractivity contribution >= 4 is 53.7 Å². The van der Waals surface area contributed by atoms with Gasteiger partial charge in [-0.3, -0.25) is 9.59 Å². The number of amides is 2. The van der Waals surface area contributed by atoms with E-state index in [1.807, 2.05) is 0 Å². The second kappa shape index (κ2) is 13.5. The van der Waals surface area contributed by atoms with Crippen molar-refractivity contribution in [3.05, 3.63) is 45.9 Å². The van der Waals surface area contributed by atoms with Crippen LogP contribution in [-0.2, 0) is 6.54 Å². The largest absolute Gasteiger partial charge is 0.351 e. The number of benzene rings is 1. The maximum Gasteiger partial charge on any atom is 0.275 e. The molecule has 0 bridgehead atoms. The van der Waals surface area contributed by atoms with Crippen molar-refractivity contribution in [2.75, 3.05) is 31.5 Å². The molecule has 2 amide bonds. The average molecular weight is 448 g/mol. The summed E-state index contributed by atoms with van der Waals surface area (Å²) in [5.74, 6) is -0.479. The maximum absolute atomic E-state index is 12.3. The fraction of sp³-hybridized carbons (Fsp3) is 0.389. The highest BCUT2D eigenvalue weighted by atomic mass is 35.5. The zero-order valence-electron chi connectivity index (χ0n) is 15.9. The Morgan fingerprint density at radius 2 is 1.89 bits per heavy atom. The Morgan fingerprint density at radius 1 is 1.18 bits per heavy atom. The number of halogens is 2. The molecular weight excluding hydrogens is 421 g/mol. The Hall–Kier alpha value is -1.71. The highest BCUT2D eigenvalue weighted by Gasteiger charge is 2.12. The number of rotatable bonds is 9. The number of nitrogens with one attached hydrogen (secondary N) is 2. The first-order chi connectivity index (χ1) is 12.6. The number of aromatic nitrogens is 1. The lowest BCUT2D eigenvalue weighted by molar-refractivity contribution is 0.0947. The van der Waals surface area contributed by atoms with Gasteiger partial charge in [0, 0.05) is 36.3 Å². The fourth-order valence-electron chi connectivity index (χ4n) is 2.41. The number of nitrogens with two attached hydrogens (primary N) is 1. The van der Waals surface area contributed by atoms with Crippen LogP contribution in [0.1, 0.15) is 39.7 Å². The zero-order valence-corrected chi connectivity index (χ0v) is 18.4. The lowest BCUT2D eigenvalue weighted by Gasteiger charge is -2.18. The summed E-state index contributed by atoms with van der Waals surface area (Å²) in [5.41, 5.74) is 6.89. The second-order valence-corrected chi connectivity index (χ2v) is 6.59. The molecule has 0 unspecified atom stereocenters. The highest BCUT2D eigenvalue weighted by molar-refractivity contribution is 7.09. The molecule has 0 aliphatic rings. The molecule has 0 fully saturated rings. The lowest BCUT2D eigenvalue weighted by atomic mass is 10.2. The van der Waals surface area contributed by atoms with E-state index in [1.165, 1.54) is 11.3 Å². The Bertz CT molecular complexity index is 753. The Kier molecular flexibility index (Phi) is 12.6. The minimum absolute atomic E-state index is 0. The van der Waals surface area contributed by atoms with Crippen molar-refractivity contribution < 1.29 is 9.59 Å². The van der Waals surface area contributed by atoms with Gasteiger partial charge in [0.15, 0.2) is 0 Å². The van der Waals surface area contributed by atoms with Gasteiger partial charge in [-0.25, -0.2) is 4.98 Å². The van der Waals surface area contributed by atoms with Gasteiger partial charge in [0.1, 0.15) is 10.7 Å². The molecule has 0 aliphatic carbocycles. The molecule has 2 aromatic rings. The predicted molar refractivity (Wildman–Crippen MR) is 119 cm³/mol. The van der Waals surface area contributed by atoms with Gasteiger partial charge in [0.25, 0.3) is 11.8 Å². The van der Waals surface area contributed by atoms with E-state index in [9.17, 15) is 9.59 Å². The summed E-state index contributed by atoms with van der Waals surface area (Å²) in [6.45, 7) is 7.79. The number of carbonyl (C=O) groups is 2. The van der Waals surface area contributed by atoms with Crippen LogP contribution in [0.15, 0.2) is 29.6 Å². The third kappa shape index (κ3) is 7.73. The van der Waals surface area contributed by atoms with Crippen molar-refractivity contribution in [2.24, 2.45) is 5.73 Å². The van der Waals surface area contributed by atoms with Crippen LogP contribution < -0.4 is 16.4 Å². The number of hydrogen-bond acceptors (Lipinski definition) is 6. The van der Waals surface area contributed by atoms with Crippen LogP contribution in [0.4, 0.5) is 5.69 Å². The van der Waals surface area contributed by atoms with Crippen LogP contribution >= 0.6 is 36.2 Å². The summed E-state index contributed by atoms with van der Waals surface area (Å²) in [6.07, 6.45) is 0. The first-order valence-electron chi connectivity index (χ1n) is 8.63. The van der Waals surface area contributed by atoms with Gasteiger partial charge in [-0.05, 0) is 31.3 Å². The third-order valence-corrected chi connectivity index (χ3v) is 4.82. The number of thiazole rings is 1. The normalized spacial score (nSPS) is 10.0. The quantitative estimate of drug-likeness (QED) is 0.548. The summed E-state index contributed by atoms with van der Waals surface area (Å²) >= 11 is 1.35. The summed E-state index contributed by atoms with van der Waals surface area (Å²) in [7, 11) is 0. The number of anilines is 1. The first kappa shape index (κ1) is 26.3. The Balaban J connectivity index is 0.00000364. The van der Waals surface area contributed by atoms with E-state index < -0.39 is 0 Å². The summed E-state index contributed by atoms with van der Waals surface area (Å²) in [5, 5.41) is 8.04. The van der Waals surface area contributed by atoms with E-state index in [0.717, 1.165) is 19.6 Å². The van der Waals surface area contributed by atoms with Crippen molar-refractivity contribution in [1.29, 1.82) is 0 Å². The highest BCUT2D eigenvalue weighted by Crippen LogP contribution is 2.14. The number of hydrogen-bond donors (Lipinski definition) is 3. The van der Waals surface area contributed by atoms with Gasteiger partial charge in [-0.2, -0.15) is 0 Å². The molecule has 4 N–H and O–H groups in total. The SMILES string of the molecule is CCN(CC)CCNC(=O)c1cccc(NC(=O)c2csc(CN)n2)c1.Cl.Cl. The van der Waals surface area contributed by atoms with Crippen molar-refractivity contribution in [1.82, 2.24) is 15.2 Å². The van der Waals surface area contributed by atoms with E-state index in [-0.39, 0.29) is 36.6 Å². The minimum atomic E-state index is -0.319. The third-order valence-electron chi connectivity index (χ3n) is 3.95. The predicted octanol–water partition coefficient (Wildman–Crippen LogP) is 2.77. The summed E-state index contributed by atoms with van der Waals surface area (Å²) in [4.78, 5) is 30.9. The standard InChI is InChI=1S/C18H25N5O2S.2ClH/c1-3-23(4-2)9-8-20-17(24)13-6-5-7-14(10-13)21-18(25)15-12-26-16(11-19)22-15;;/h5-7,10,12H,3-4,8-9,11,19H2,1-2H3,(H,20,24)(H,21,25);2*1H. The molecule has 7 nitrogen and oxygen atoms in total. The molecule has 28 heavy (non-hydrogen) atoms. The van der Waals surface area contributed by atoms with Crippen LogP contribution in [-0.4, -0.2) is 47.9 Å². The van der Waals surface area contributed by atoms with Crippen molar-refractivity contribution in [3.8, 4) is 0 Å². The number of carbonyl (C=O) groups excluding carboxylic acids is 2. The molecule has 1 heterocycles. The van der Waals surface area contributed by atoms with Crippen molar-refractivity contribution in [2.45, 2.75) is 20.4 Å². The topological polar surface area (TPSA) is 100 Å². The van der Waals surface area contributed by atoms with Crippen molar-refractivity contribution in [3.63, 3.8) is 0 Å². The fourth-order valence-corrected chi connectivity index (χ4v) is 3.07. The molecule has 0 radical (unpaired) electrons. The van der Waals surface area contributed by atoms with E-state index in [4.69, 9.17) is 5.73 Å². The van der Waals surface area contributed by atoms with E-state index in [1.54, 1.807) is 29.6 Å². The molecule has 0 aliphatic heterocycles. The molecule has 1 aromatic heterocycles. The molecule has 1 aromatic carbocycles. The molecular formula is C18H27Cl2N5O2S. The molecule has 0 atom stereocenters. The maximum atomic E-state index is 12.3. The molecule has 10 heteroatoms. The van der Waals surface area contributed by atoms with Gasteiger partial charge in [-0.15, -0.1) is 36.2 Å². The smallest absolute Gasteiger partial charge is 0.275 e. The monoisotopic (exact) mass is 447 g/mol. The molecule has 0 spiro atoms. The van der Waals surface area contributed by atoms with Crippen LogP contribution in [0, 0.1) is 0 Å². The van der Waals surface area contributed by atoms with Gasteiger partial charge in [0.2, 0.25) is 0 Å². The van der Waals surface area contributed by atoms with Gasteiger partial charge in [0.05, 0.1) is 0 Å². The summed E-state index contributed by atoms with van der Waals surface area (Å²) < 4.78 is 0. The van der Waals surface area contributed by atoms with E-state index in [0.29, 0.717) is 35.0 Å².